The standard InChI is InChI=1S/C13H22/c1-10-11(2)13(4)7-5-6-12(10,3)8-9-13/h5-9H2,1-4H3. The number of hydrogen-bond acceptors (Lipinski definition) is 0. The summed E-state index contributed by atoms with van der Waals surface area (Å²) in [4.78, 5) is 0. The van der Waals surface area contributed by atoms with E-state index in [1.54, 1.807) is 11.1 Å². The molecule has 0 N–H and O–H groups in total. The maximum absolute atomic E-state index is 2.47. The van der Waals surface area contributed by atoms with Crippen LogP contribution in [0.15, 0.2) is 11.1 Å². The highest BCUT2D eigenvalue weighted by atomic mass is 14.5. The minimum absolute atomic E-state index is 0.556. The lowest BCUT2D eigenvalue weighted by Gasteiger charge is -2.41. The van der Waals surface area contributed by atoms with E-state index in [-0.39, 0.29) is 0 Å². The molecule has 1 fully saturated rings. The Labute approximate surface area is 82.4 Å². The first kappa shape index (κ1) is 9.30. The van der Waals surface area contributed by atoms with Crippen molar-refractivity contribution in [1.82, 2.24) is 0 Å². The van der Waals surface area contributed by atoms with E-state index in [0.29, 0.717) is 10.8 Å². The predicted octanol–water partition coefficient (Wildman–Crippen LogP) is 4.31. The largest absolute Gasteiger partial charge is 0.0679 e. The van der Waals surface area contributed by atoms with Crippen molar-refractivity contribution in [2.24, 2.45) is 10.8 Å². The molecule has 2 atom stereocenters. The van der Waals surface area contributed by atoms with Gasteiger partial charge in [0, 0.05) is 0 Å². The van der Waals surface area contributed by atoms with Crippen molar-refractivity contribution in [3.05, 3.63) is 11.1 Å². The number of hydrogen-bond donors (Lipinski definition) is 0. The molecule has 0 aliphatic heterocycles. The maximum atomic E-state index is 2.47. The zero-order valence-electron chi connectivity index (χ0n) is 9.54. The van der Waals surface area contributed by atoms with Crippen LogP contribution in [0.3, 0.4) is 0 Å². The van der Waals surface area contributed by atoms with Crippen molar-refractivity contribution < 1.29 is 0 Å². The molecule has 0 amide bonds. The quantitative estimate of drug-likeness (QED) is 0.485. The Balaban J connectivity index is 2.51. The van der Waals surface area contributed by atoms with E-state index in [0.717, 1.165) is 0 Å². The fourth-order valence-corrected chi connectivity index (χ4v) is 3.33. The molecule has 13 heavy (non-hydrogen) atoms. The van der Waals surface area contributed by atoms with Gasteiger partial charge in [-0.3, -0.25) is 0 Å². The minimum atomic E-state index is 0.556. The topological polar surface area (TPSA) is 0 Å². The van der Waals surface area contributed by atoms with Gasteiger partial charge >= 0.3 is 0 Å². The molecule has 0 aromatic carbocycles. The highest BCUT2D eigenvalue weighted by Gasteiger charge is 2.42. The second-order valence-electron chi connectivity index (χ2n) is 5.72. The van der Waals surface area contributed by atoms with Gasteiger partial charge in [-0.05, 0) is 50.4 Å². The van der Waals surface area contributed by atoms with Crippen molar-refractivity contribution in [1.29, 1.82) is 0 Å². The molecule has 0 radical (unpaired) electrons. The summed E-state index contributed by atoms with van der Waals surface area (Å²) in [5.74, 6) is 0. The Kier molecular flexibility index (Phi) is 1.87. The minimum Gasteiger partial charge on any atom is -0.0679 e. The molecule has 2 unspecified atom stereocenters. The Morgan fingerprint density at radius 2 is 1.15 bits per heavy atom. The Bertz CT molecular complexity index is 235. The summed E-state index contributed by atoms with van der Waals surface area (Å²) in [5, 5.41) is 0. The van der Waals surface area contributed by atoms with Crippen LogP contribution < -0.4 is 0 Å². The van der Waals surface area contributed by atoms with Gasteiger partial charge in [-0.2, -0.15) is 0 Å². The van der Waals surface area contributed by atoms with E-state index in [1.807, 2.05) is 0 Å². The lowest BCUT2D eigenvalue weighted by atomic mass is 9.64. The first-order chi connectivity index (χ1) is 5.98. The van der Waals surface area contributed by atoms with E-state index >= 15 is 0 Å². The molecule has 74 valence electrons. The van der Waals surface area contributed by atoms with Gasteiger partial charge < -0.3 is 0 Å². The van der Waals surface area contributed by atoms with E-state index < -0.39 is 0 Å². The second kappa shape index (κ2) is 2.62. The van der Waals surface area contributed by atoms with Crippen molar-refractivity contribution in [2.75, 3.05) is 0 Å². The van der Waals surface area contributed by atoms with E-state index in [9.17, 15) is 0 Å². The van der Waals surface area contributed by atoms with Gasteiger partial charge in [-0.15, -0.1) is 0 Å². The van der Waals surface area contributed by atoms with Crippen LogP contribution >= 0.6 is 0 Å². The smallest absolute Gasteiger partial charge is 0.0116 e. The third kappa shape index (κ3) is 1.18. The van der Waals surface area contributed by atoms with Crippen molar-refractivity contribution in [3.63, 3.8) is 0 Å². The molecule has 0 nitrogen and oxygen atoms in total. The first-order valence-corrected chi connectivity index (χ1v) is 5.66. The summed E-state index contributed by atoms with van der Waals surface area (Å²) in [6.07, 6.45) is 7.12. The van der Waals surface area contributed by atoms with Crippen molar-refractivity contribution >= 4 is 0 Å². The van der Waals surface area contributed by atoms with Gasteiger partial charge in [0.2, 0.25) is 0 Å². The van der Waals surface area contributed by atoms with Gasteiger partial charge in [-0.25, -0.2) is 0 Å². The zero-order valence-corrected chi connectivity index (χ0v) is 9.54. The van der Waals surface area contributed by atoms with E-state index in [1.165, 1.54) is 32.1 Å². The summed E-state index contributed by atoms with van der Waals surface area (Å²) >= 11 is 0. The molecule has 0 aromatic rings. The Morgan fingerprint density at radius 3 is 1.54 bits per heavy atom. The molecule has 0 heteroatoms. The van der Waals surface area contributed by atoms with Crippen LogP contribution in [0.5, 0.6) is 0 Å². The lowest BCUT2D eigenvalue weighted by molar-refractivity contribution is 0.262. The first-order valence-electron chi connectivity index (χ1n) is 5.66. The van der Waals surface area contributed by atoms with Crippen LogP contribution in [0, 0.1) is 10.8 Å². The van der Waals surface area contributed by atoms with Crippen molar-refractivity contribution in [2.45, 2.75) is 59.8 Å². The molecule has 3 rings (SSSR count). The summed E-state index contributed by atoms with van der Waals surface area (Å²) in [6, 6.07) is 0. The van der Waals surface area contributed by atoms with E-state index in [2.05, 4.69) is 27.7 Å². The SMILES string of the molecule is CC1=C(C)C2(C)CCCC1(C)CC2. The van der Waals surface area contributed by atoms with Gasteiger partial charge in [0.1, 0.15) is 0 Å². The molecule has 1 saturated carbocycles. The van der Waals surface area contributed by atoms with Gasteiger partial charge in [0.05, 0.1) is 0 Å². The third-order valence-electron chi connectivity index (χ3n) is 5.06. The van der Waals surface area contributed by atoms with Crippen LogP contribution in [-0.4, -0.2) is 0 Å². The van der Waals surface area contributed by atoms with Crippen LogP contribution in [0.1, 0.15) is 59.8 Å². The Hall–Kier alpha value is -0.260. The zero-order chi connectivity index (χ0) is 9.69. The lowest BCUT2D eigenvalue weighted by Crippen LogP contribution is -2.28. The summed E-state index contributed by atoms with van der Waals surface area (Å²) < 4.78 is 0. The molecule has 0 heterocycles. The van der Waals surface area contributed by atoms with E-state index in [4.69, 9.17) is 0 Å². The van der Waals surface area contributed by atoms with Crippen molar-refractivity contribution in [3.8, 4) is 0 Å². The third-order valence-corrected chi connectivity index (χ3v) is 5.06. The van der Waals surface area contributed by atoms with Gasteiger partial charge in [-0.1, -0.05) is 31.4 Å². The fourth-order valence-electron chi connectivity index (χ4n) is 3.33. The molecular weight excluding hydrogens is 156 g/mol. The highest BCUT2D eigenvalue weighted by Crippen LogP contribution is 2.56. The summed E-state index contributed by atoms with van der Waals surface area (Å²) in [6.45, 7) is 9.68. The van der Waals surface area contributed by atoms with Crippen LogP contribution in [0.4, 0.5) is 0 Å². The highest BCUT2D eigenvalue weighted by molar-refractivity contribution is 5.28. The van der Waals surface area contributed by atoms with Gasteiger partial charge in [0.15, 0.2) is 0 Å². The van der Waals surface area contributed by atoms with Gasteiger partial charge in [0.25, 0.3) is 0 Å². The second-order valence-corrected chi connectivity index (χ2v) is 5.72. The predicted molar refractivity (Wildman–Crippen MR) is 57.7 cm³/mol. The molecule has 3 aliphatic carbocycles. The fraction of sp³-hybridized carbons (Fsp3) is 0.846. The summed E-state index contributed by atoms with van der Waals surface area (Å²) in [7, 11) is 0. The molecule has 3 aliphatic rings. The number of fused-ring (bicyclic) bond motifs is 3. The number of allylic oxidation sites excluding steroid dienone is 2. The normalized spacial score (nSPS) is 45.2. The average molecular weight is 178 g/mol. The molecule has 0 spiro atoms. The molecule has 0 aromatic heterocycles. The van der Waals surface area contributed by atoms with Crippen LogP contribution in [-0.2, 0) is 0 Å². The molecule has 0 saturated heterocycles. The number of rotatable bonds is 0. The Morgan fingerprint density at radius 1 is 0.769 bits per heavy atom. The summed E-state index contributed by atoms with van der Waals surface area (Å²) in [5.41, 5.74) is 4.53. The molecule has 2 bridgehead atoms. The maximum Gasteiger partial charge on any atom is -0.0116 e. The van der Waals surface area contributed by atoms with Crippen LogP contribution in [0.25, 0.3) is 0 Å². The van der Waals surface area contributed by atoms with Crippen LogP contribution in [0.2, 0.25) is 0 Å². The monoisotopic (exact) mass is 178 g/mol. The molecular formula is C13H22. The average Bonchev–Trinajstić information content (AvgIpc) is 2.28.